The molecule has 0 amide bonds. The summed E-state index contributed by atoms with van der Waals surface area (Å²) >= 11 is 0. The predicted molar refractivity (Wildman–Crippen MR) is 73.2 cm³/mol. The molecule has 1 aromatic heterocycles. The molecule has 0 radical (unpaired) electrons. The number of nitrogens with one attached hydrogen (secondary N) is 1. The number of rotatable bonds is 5. The molecule has 104 valence electrons. The van der Waals surface area contributed by atoms with E-state index < -0.39 is 5.97 Å². The zero-order valence-corrected chi connectivity index (χ0v) is 11.5. The summed E-state index contributed by atoms with van der Waals surface area (Å²) < 4.78 is 0. The van der Waals surface area contributed by atoms with Gasteiger partial charge < -0.3 is 10.4 Å². The molecule has 0 fully saturated rings. The molecule has 0 aromatic carbocycles. The smallest absolute Gasteiger partial charge is 0.305 e. The molecule has 5 heteroatoms. The van der Waals surface area contributed by atoms with Gasteiger partial charge in [0, 0.05) is 17.3 Å². The Morgan fingerprint density at radius 2 is 2.11 bits per heavy atom. The lowest BCUT2D eigenvalue weighted by atomic mass is 9.95. The molecule has 0 aliphatic heterocycles. The van der Waals surface area contributed by atoms with Gasteiger partial charge in [0.2, 0.25) is 0 Å². The van der Waals surface area contributed by atoms with Gasteiger partial charge in [-0.15, -0.1) is 0 Å². The monoisotopic (exact) mass is 263 g/mol. The molecule has 5 nitrogen and oxygen atoms in total. The zero-order chi connectivity index (χ0) is 13.8. The first-order valence-corrected chi connectivity index (χ1v) is 6.89. The van der Waals surface area contributed by atoms with Crippen molar-refractivity contribution in [3.8, 4) is 0 Å². The lowest BCUT2D eigenvalue weighted by Crippen LogP contribution is -2.30. The van der Waals surface area contributed by atoms with E-state index in [0.29, 0.717) is 0 Å². The Kier molecular flexibility index (Phi) is 4.35. The van der Waals surface area contributed by atoms with E-state index in [4.69, 9.17) is 5.11 Å². The molecule has 1 aliphatic rings. The lowest BCUT2D eigenvalue weighted by molar-refractivity contribution is -0.137. The third kappa shape index (κ3) is 3.43. The summed E-state index contributed by atoms with van der Waals surface area (Å²) in [6, 6.07) is -0.0987. The summed E-state index contributed by atoms with van der Waals surface area (Å²) in [4.78, 5) is 19.6. The van der Waals surface area contributed by atoms with Crippen LogP contribution in [0.4, 0.5) is 5.82 Å². The van der Waals surface area contributed by atoms with E-state index in [1.54, 1.807) is 6.33 Å². The van der Waals surface area contributed by atoms with Crippen LogP contribution in [0.15, 0.2) is 6.33 Å². The van der Waals surface area contributed by atoms with Gasteiger partial charge in [-0.2, -0.15) is 0 Å². The van der Waals surface area contributed by atoms with E-state index in [1.807, 2.05) is 13.8 Å². The van der Waals surface area contributed by atoms with Crippen LogP contribution in [0.5, 0.6) is 0 Å². The number of aromatic nitrogens is 2. The molecule has 0 saturated carbocycles. The average Bonchev–Trinajstić information content (AvgIpc) is 2.37. The van der Waals surface area contributed by atoms with Crippen molar-refractivity contribution in [2.45, 2.75) is 52.0 Å². The SMILES string of the molecule is CC(C)C(CC(=O)O)Nc1ncnc2c1CCCC2. The summed E-state index contributed by atoms with van der Waals surface area (Å²) in [5, 5.41) is 12.3. The van der Waals surface area contributed by atoms with Gasteiger partial charge in [-0.25, -0.2) is 9.97 Å². The molecule has 2 rings (SSSR count). The number of hydrogen-bond acceptors (Lipinski definition) is 4. The second kappa shape index (κ2) is 5.99. The minimum Gasteiger partial charge on any atom is -0.481 e. The van der Waals surface area contributed by atoms with Crippen molar-refractivity contribution >= 4 is 11.8 Å². The third-order valence-corrected chi connectivity index (χ3v) is 3.65. The van der Waals surface area contributed by atoms with Crippen LogP contribution in [0.25, 0.3) is 0 Å². The number of carboxylic acid groups (broad SMARTS) is 1. The maximum Gasteiger partial charge on any atom is 0.305 e. The Balaban J connectivity index is 2.19. The second-order valence-electron chi connectivity index (χ2n) is 5.45. The molecule has 1 aliphatic carbocycles. The van der Waals surface area contributed by atoms with Gasteiger partial charge >= 0.3 is 5.97 Å². The normalized spacial score (nSPS) is 15.9. The van der Waals surface area contributed by atoms with Crippen molar-refractivity contribution in [3.05, 3.63) is 17.6 Å². The predicted octanol–water partition coefficient (Wildman–Crippen LogP) is 2.27. The van der Waals surface area contributed by atoms with Crippen LogP contribution in [-0.2, 0) is 17.6 Å². The second-order valence-corrected chi connectivity index (χ2v) is 5.45. The number of nitrogens with zero attached hydrogens (tertiary/aromatic N) is 2. The highest BCUT2D eigenvalue weighted by Gasteiger charge is 2.21. The highest BCUT2D eigenvalue weighted by molar-refractivity contribution is 5.68. The van der Waals surface area contributed by atoms with Crippen LogP contribution in [0.3, 0.4) is 0 Å². The van der Waals surface area contributed by atoms with Crippen LogP contribution < -0.4 is 5.32 Å². The third-order valence-electron chi connectivity index (χ3n) is 3.65. The van der Waals surface area contributed by atoms with Crippen LogP contribution in [0, 0.1) is 5.92 Å². The van der Waals surface area contributed by atoms with E-state index in [9.17, 15) is 4.79 Å². The van der Waals surface area contributed by atoms with Crippen LogP contribution in [0.1, 0.15) is 44.4 Å². The van der Waals surface area contributed by atoms with Crippen molar-refractivity contribution in [1.29, 1.82) is 0 Å². The highest BCUT2D eigenvalue weighted by Crippen LogP contribution is 2.26. The molecule has 0 spiro atoms. The maximum absolute atomic E-state index is 10.9. The largest absolute Gasteiger partial charge is 0.481 e. The summed E-state index contributed by atoms with van der Waals surface area (Å²) in [6.07, 6.45) is 5.99. The number of fused-ring (bicyclic) bond motifs is 1. The minimum atomic E-state index is -0.783. The molecule has 1 unspecified atom stereocenters. The zero-order valence-electron chi connectivity index (χ0n) is 11.5. The summed E-state index contributed by atoms with van der Waals surface area (Å²) in [5.41, 5.74) is 2.28. The summed E-state index contributed by atoms with van der Waals surface area (Å²) in [7, 11) is 0. The Morgan fingerprint density at radius 3 is 2.79 bits per heavy atom. The number of carbonyl (C=O) groups is 1. The summed E-state index contributed by atoms with van der Waals surface area (Å²) in [5.74, 6) is 0.282. The number of aryl methyl sites for hydroxylation is 1. The molecule has 1 atom stereocenters. The van der Waals surface area contributed by atoms with E-state index in [0.717, 1.165) is 30.8 Å². The molecule has 0 bridgehead atoms. The molecule has 19 heavy (non-hydrogen) atoms. The van der Waals surface area contributed by atoms with Crippen molar-refractivity contribution in [2.75, 3.05) is 5.32 Å². The van der Waals surface area contributed by atoms with Crippen molar-refractivity contribution in [2.24, 2.45) is 5.92 Å². The molecule has 1 aromatic rings. The molecule has 2 N–H and O–H groups in total. The van der Waals surface area contributed by atoms with Gasteiger partial charge in [-0.05, 0) is 31.6 Å². The fourth-order valence-electron chi connectivity index (χ4n) is 2.46. The van der Waals surface area contributed by atoms with Gasteiger partial charge in [0.05, 0.1) is 6.42 Å². The Bertz CT molecular complexity index is 460. The van der Waals surface area contributed by atoms with E-state index >= 15 is 0 Å². The Labute approximate surface area is 113 Å². The van der Waals surface area contributed by atoms with E-state index in [-0.39, 0.29) is 18.4 Å². The fourth-order valence-corrected chi connectivity index (χ4v) is 2.46. The Morgan fingerprint density at radius 1 is 1.37 bits per heavy atom. The molecular formula is C14H21N3O2. The van der Waals surface area contributed by atoms with Crippen LogP contribution >= 0.6 is 0 Å². The molecular weight excluding hydrogens is 242 g/mol. The lowest BCUT2D eigenvalue weighted by Gasteiger charge is -2.24. The first-order chi connectivity index (χ1) is 9.08. The van der Waals surface area contributed by atoms with Crippen LogP contribution in [-0.4, -0.2) is 27.1 Å². The minimum absolute atomic E-state index is 0.0987. The molecule has 0 saturated heterocycles. The van der Waals surface area contributed by atoms with Crippen molar-refractivity contribution in [1.82, 2.24) is 9.97 Å². The Hall–Kier alpha value is -1.65. The van der Waals surface area contributed by atoms with Crippen molar-refractivity contribution < 1.29 is 9.90 Å². The standard InChI is InChI=1S/C14H21N3O2/c1-9(2)12(7-13(18)19)17-14-10-5-3-4-6-11(10)15-8-16-14/h8-9,12H,3-7H2,1-2H3,(H,18,19)(H,15,16,17). The fraction of sp³-hybridized carbons (Fsp3) is 0.643. The molecule has 1 heterocycles. The number of aliphatic carboxylic acids is 1. The van der Waals surface area contributed by atoms with Gasteiger partial charge in [-0.1, -0.05) is 13.8 Å². The quantitative estimate of drug-likeness (QED) is 0.852. The number of carboxylic acids is 1. The number of anilines is 1. The van der Waals surface area contributed by atoms with Gasteiger partial charge in [-0.3, -0.25) is 4.79 Å². The van der Waals surface area contributed by atoms with E-state index in [2.05, 4.69) is 15.3 Å². The van der Waals surface area contributed by atoms with Crippen molar-refractivity contribution in [3.63, 3.8) is 0 Å². The van der Waals surface area contributed by atoms with Gasteiger partial charge in [0.15, 0.2) is 0 Å². The topological polar surface area (TPSA) is 75.1 Å². The highest BCUT2D eigenvalue weighted by atomic mass is 16.4. The van der Waals surface area contributed by atoms with Gasteiger partial charge in [0.1, 0.15) is 12.1 Å². The average molecular weight is 263 g/mol. The first kappa shape index (κ1) is 13.8. The number of hydrogen-bond donors (Lipinski definition) is 2. The summed E-state index contributed by atoms with van der Waals surface area (Å²) in [6.45, 7) is 4.04. The van der Waals surface area contributed by atoms with Crippen LogP contribution in [0.2, 0.25) is 0 Å². The maximum atomic E-state index is 10.9. The van der Waals surface area contributed by atoms with Gasteiger partial charge in [0.25, 0.3) is 0 Å². The first-order valence-electron chi connectivity index (χ1n) is 6.89. The van der Waals surface area contributed by atoms with E-state index in [1.165, 1.54) is 12.0 Å².